The van der Waals surface area contributed by atoms with Crippen molar-refractivity contribution < 1.29 is 14.6 Å². The molecule has 25 heavy (non-hydrogen) atoms. The van der Waals surface area contributed by atoms with Crippen LogP contribution in [0.25, 0.3) is 11.0 Å². The fourth-order valence-electron chi connectivity index (χ4n) is 2.34. The molecule has 2 aromatic carbocycles. The molecular formula is C17H17N5O3. The van der Waals surface area contributed by atoms with Crippen LogP contribution >= 0.6 is 0 Å². The van der Waals surface area contributed by atoms with Gasteiger partial charge in [-0.2, -0.15) is 5.10 Å². The van der Waals surface area contributed by atoms with Gasteiger partial charge in [-0.1, -0.05) is 17.3 Å². The lowest BCUT2D eigenvalue weighted by molar-refractivity contribution is -0.121. The van der Waals surface area contributed by atoms with E-state index in [9.17, 15) is 9.90 Å². The minimum atomic E-state index is -0.350. The van der Waals surface area contributed by atoms with Crippen LogP contribution < -0.4 is 10.2 Å². The van der Waals surface area contributed by atoms with Crippen molar-refractivity contribution in [2.45, 2.75) is 13.5 Å². The molecule has 0 bridgehead atoms. The molecule has 8 nitrogen and oxygen atoms in total. The molecule has 0 spiro atoms. The largest absolute Gasteiger partial charge is 0.507 e. The van der Waals surface area contributed by atoms with E-state index in [1.54, 1.807) is 19.1 Å². The number of phenolic OH excluding ortho intramolecular Hbond substituents is 1. The first-order valence-electron chi connectivity index (χ1n) is 7.57. The third kappa shape index (κ3) is 3.57. The first kappa shape index (κ1) is 16.4. The van der Waals surface area contributed by atoms with Crippen molar-refractivity contribution in [2.75, 3.05) is 7.11 Å². The van der Waals surface area contributed by atoms with Crippen LogP contribution in [0.1, 0.15) is 12.5 Å². The van der Waals surface area contributed by atoms with Crippen molar-refractivity contribution in [1.82, 2.24) is 20.4 Å². The average molecular weight is 339 g/mol. The van der Waals surface area contributed by atoms with E-state index in [2.05, 4.69) is 20.8 Å². The number of amides is 1. The number of rotatable bonds is 5. The molecule has 128 valence electrons. The molecule has 1 heterocycles. The lowest BCUT2D eigenvalue weighted by Gasteiger charge is -2.07. The number of hydrogen-bond donors (Lipinski definition) is 2. The van der Waals surface area contributed by atoms with Crippen molar-refractivity contribution in [2.24, 2.45) is 5.10 Å². The molecule has 0 unspecified atom stereocenters. The predicted octanol–water partition coefficient (Wildman–Crippen LogP) is 1.69. The summed E-state index contributed by atoms with van der Waals surface area (Å²) in [6.45, 7) is 1.67. The number of carbonyl (C=O) groups is 1. The molecule has 1 amide bonds. The molecule has 0 aliphatic carbocycles. The number of aromatic hydroxyl groups is 1. The van der Waals surface area contributed by atoms with E-state index in [1.807, 2.05) is 24.3 Å². The number of hydrogen-bond acceptors (Lipinski definition) is 6. The van der Waals surface area contributed by atoms with Gasteiger partial charge in [-0.25, -0.2) is 10.1 Å². The lowest BCUT2D eigenvalue weighted by atomic mass is 10.1. The number of aromatic nitrogens is 3. The maximum absolute atomic E-state index is 12.1. The number of nitrogens with zero attached hydrogens (tertiary/aromatic N) is 4. The minimum absolute atomic E-state index is 0.0125. The average Bonchev–Trinajstić information content (AvgIpc) is 3.03. The Morgan fingerprint density at radius 3 is 2.92 bits per heavy atom. The van der Waals surface area contributed by atoms with E-state index in [-0.39, 0.29) is 18.2 Å². The normalized spacial score (nSPS) is 11.5. The van der Waals surface area contributed by atoms with Crippen LogP contribution in [0.4, 0.5) is 0 Å². The van der Waals surface area contributed by atoms with E-state index in [0.29, 0.717) is 17.0 Å². The molecule has 0 saturated heterocycles. The predicted molar refractivity (Wildman–Crippen MR) is 92.5 cm³/mol. The third-order valence-electron chi connectivity index (χ3n) is 3.66. The molecule has 2 N–H and O–H groups in total. The molecular weight excluding hydrogens is 322 g/mol. The summed E-state index contributed by atoms with van der Waals surface area (Å²) in [5.74, 6) is 0.290. The summed E-state index contributed by atoms with van der Waals surface area (Å²) in [5, 5.41) is 21.9. The number of para-hydroxylation sites is 1. The van der Waals surface area contributed by atoms with Crippen molar-refractivity contribution in [3.63, 3.8) is 0 Å². The summed E-state index contributed by atoms with van der Waals surface area (Å²) in [6.07, 6.45) is 0. The number of phenols is 1. The standard InChI is InChI=1S/C17H17N5O3/c1-11(13-9-12(25-2)7-8-16(13)23)18-20-17(24)10-22-15-6-4-3-5-14(15)19-21-22/h3-9,23H,10H2,1-2H3,(H,20,24)/b18-11+. The Balaban J connectivity index is 1.72. The second-order valence-electron chi connectivity index (χ2n) is 5.35. The highest BCUT2D eigenvalue weighted by molar-refractivity contribution is 6.01. The van der Waals surface area contributed by atoms with Crippen LogP contribution in [0.2, 0.25) is 0 Å². The van der Waals surface area contributed by atoms with Gasteiger partial charge in [0.15, 0.2) is 0 Å². The van der Waals surface area contributed by atoms with Gasteiger partial charge in [-0.05, 0) is 37.3 Å². The Morgan fingerprint density at radius 2 is 2.12 bits per heavy atom. The van der Waals surface area contributed by atoms with E-state index < -0.39 is 0 Å². The fourth-order valence-corrected chi connectivity index (χ4v) is 2.34. The molecule has 0 radical (unpaired) electrons. The van der Waals surface area contributed by atoms with Crippen LogP contribution in [0.15, 0.2) is 47.6 Å². The number of nitrogens with one attached hydrogen (secondary N) is 1. The van der Waals surface area contributed by atoms with Crippen LogP contribution in [0, 0.1) is 0 Å². The summed E-state index contributed by atoms with van der Waals surface area (Å²) in [7, 11) is 1.53. The summed E-state index contributed by atoms with van der Waals surface area (Å²) in [6, 6.07) is 12.2. The zero-order valence-corrected chi connectivity index (χ0v) is 13.8. The number of benzene rings is 2. The first-order chi connectivity index (χ1) is 12.1. The summed E-state index contributed by atoms with van der Waals surface area (Å²) < 4.78 is 6.62. The Kier molecular flexibility index (Phi) is 4.60. The van der Waals surface area contributed by atoms with Crippen LogP contribution in [-0.2, 0) is 11.3 Å². The van der Waals surface area contributed by atoms with Crippen LogP contribution in [-0.4, -0.2) is 38.8 Å². The van der Waals surface area contributed by atoms with E-state index >= 15 is 0 Å². The number of methoxy groups -OCH3 is 1. The number of carbonyl (C=O) groups excluding carboxylic acids is 1. The van der Waals surface area contributed by atoms with Crippen molar-refractivity contribution in [1.29, 1.82) is 0 Å². The molecule has 0 fully saturated rings. The molecule has 8 heteroatoms. The van der Waals surface area contributed by atoms with E-state index in [4.69, 9.17) is 4.74 Å². The second kappa shape index (κ2) is 7.00. The summed E-state index contributed by atoms with van der Waals surface area (Å²) >= 11 is 0. The number of fused-ring (bicyclic) bond motifs is 1. The molecule has 0 atom stereocenters. The fraction of sp³-hybridized carbons (Fsp3) is 0.176. The van der Waals surface area contributed by atoms with Crippen molar-refractivity contribution in [3.05, 3.63) is 48.0 Å². The molecule has 1 aromatic heterocycles. The smallest absolute Gasteiger partial charge is 0.261 e. The molecule has 3 rings (SSSR count). The van der Waals surface area contributed by atoms with Crippen molar-refractivity contribution >= 4 is 22.7 Å². The van der Waals surface area contributed by atoms with Gasteiger partial charge in [0.2, 0.25) is 0 Å². The molecule has 3 aromatic rings. The zero-order valence-electron chi connectivity index (χ0n) is 13.8. The van der Waals surface area contributed by atoms with Gasteiger partial charge >= 0.3 is 0 Å². The van der Waals surface area contributed by atoms with E-state index in [0.717, 1.165) is 11.0 Å². The third-order valence-corrected chi connectivity index (χ3v) is 3.66. The Labute approximate surface area is 143 Å². The molecule has 0 saturated carbocycles. The number of ether oxygens (including phenoxy) is 1. The Morgan fingerprint density at radius 1 is 1.32 bits per heavy atom. The van der Waals surface area contributed by atoms with Gasteiger partial charge in [0.05, 0.1) is 18.3 Å². The van der Waals surface area contributed by atoms with Gasteiger partial charge in [0, 0.05) is 5.56 Å². The van der Waals surface area contributed by atoms with Gasteiger partial charge in [-0.15, -0.1) is 5.10 Å². The lowest BCUT2D eigenvalue weighted by Crippen LogP contribution is -2.24. The minimum Gasteiger partial charge on any atom is -0.507 e. The van der Waals surface area contributed by atoms with Gasteiger partial charge in [0.25, 0.3) is 5.91 Å². The maximum Gasteiger partial charge on any atom is 0.261 e. The number of hydrazone groups is 1. The van der Waals surface area contributed by atoms with Crippen LogP contribution in [0.5, 0.6) is 11.5 Å². The monoisotopic (exact) mass is 339 g/mol. The van der Waals surface area contributed by atoms with Gasteiger partial charge in [0.1, 0.15) is 23.6 Å². The Hall–Kier alpha value is -3.42. The van der Waals surface area contributed by atoms with Gasteiger partial charge in [-0.3, -0.25) is 4.79 Å². The maximum atomic E-state index is 12.1. The van der Waals surface area contributed by atoms with Crippen molar-refractivity contribution in [3.8, 4) is 11.5 Å². The quantitative estimate of drug-likeness (QED) is 0.544. The van der Waals surface area contributed by atoms with Gasteiger partial charge < -0.3 is 9.84 Å². The molecule has 0 aliphatic rings. The summed E-state index contributed by atoms with van der Waals surface area (Å²) in [4.78, 5) is 12.1. The zero-order chi connectivity index (χ0) is 17.8. The highest BCUT2D eigenvalue weighted by Crippen LogP contribution is 2.23. The SMILES string of the molecule is COc1ccc(O)c(/C(C)=N/NC(=O)Cn2nnc3ccccc32)c1. The highest BCUT2D eigenvalue weighted by Gasteiger charge is 2.10. The van der Waals surface area contributed by atoms with E-state index in [1.165, 1.54) is 17.9 Å². The highest BCUT2D eigenvalue weighted by atomic mass is 16.5. The first-order valence-corrected chi connectivity index (χ1v) is 7.57. The summed E-state index contributed by atoms with van der Waals surface area (Å²) in [5.41, 5.74) is 4.87. The van der Waals surface area contributed by atoms with Crippen LogP contribution in [0.3, 0.4) is 0 Å². The topological polar surface area (TPSA) is 102 Å². The second-order valence-corrected chi connectivity index (χ2v) is 5.35. The molecule has 0 aliphatic heterocycles. The Bertz CT molecular complexity index is 948.